The molecule has 2 aliphatic heterocycles. The first-order valence-corrected chi connectivity index (χ1v) is 13.0. The molecule has 0 radical (unpaired) electrons. The third kappa shape index (κ3) is 3.80. The molecule has 1 aliphatic carbocycles. The number of pyridine rings is 1. The number of para-hydroxylation sites is 1. The highest BCUT2D eigenvalue weighted by molar-refractivity contribution is 5.99. The molecular formula is C29H32N6O3. The van der Waals surface area contributed by atoms with Crippen LogP contribution in [0.2, 0.25) is 0 Å². The van der Waals surface area contributed by atoms with Crippen molar-refractivity contribution in [2.24, 2.45) is 4.99 Å². The van der Waals surface area contributed by atoms with E-state index in [1.807, 2.05) is 30.6 Å². The summed E-state index contributed by atoms with van der Waals surface area (Å²) in [4.78, 5) is 39.0. The van der Waals surface area contributed by atoms with Gasteiger partial charge in [0.15, 0.2) is 0 Å². The van der Waals surface area contributed by atoms with Crippen LogP contribution in [0.5, 0.6) is 5.75 Å². The van der Waals surface area contributed by atoms with Crippen molar-refractivity contribution < 1.29 is 14.3 Å². The van der Waals surface area contributed by atoms with Gasteiger partial charge in [0.2, 0.25) is 0 Å². The van der Waals surface area contributed by atoms with Crippen LogP contribution in [0.3, 0.4) is 0 Å². The Labute approximate surface area is 222 Å². The lowest BCUT2D eigenvalue weighted by molar-refractivity contribution is -0.110. The summed E-state index contributed by atoms with van der Waals surface area (Å²) in [7, 11) is 5.57. The number of carbonyl (C=O) groups excluding carboxylic acids is 2. The van der Waals surface area contributed by atoms with Gasteiger partial charge < -0.3 is 29.5 Å². The largest absolute Gasteiger partial charge is 0.489 e. The Bertz CT molecular complexity index is 1460. The van der Waals surface area contributed by atoms with Crippen LogP contribution in [0.25, 0.3) is 10.9 Å². The third-order valence-corrected chi connectivity index (χ3v) is 8.02. The van der Waals surface area contributed by atoms with Crippen LogP contribution >= 0.6 is 0 Å². The topological polar surface area (TPSA) is 90.4 Å². The number of aldehydes is 1. The van der Waals surface area contributed by atoms with E-state index in [9.17, 15) is 9.59 Å². The zero-order chi connectivity index (χ0) is 26.5. The normalized spacial score (nSPS) is 22.5. The second-order valence-electron chi connectivity index (χ2n) is 10.7. The van der Waals surface area contributed by atoms with Gasteiger partial charge in [-0.15, -0.1) is 0 Å². The Morgan fingerprint density at radius 2 is 1.97 bits per heavy atom. The van der Waals surface area contributed by atoms with E-state index in [1.54, 1.807) is 20.2 Å². The molecule has 2 unspecified atom stereocenters. The Hall–Kier alpha value is -3.98. The number of anilines is 2. The summed E-state index contributed by atoms with van der Waals surface area (Å²) >= 11 is 0. The highest BCUT2D eigenvalue weighted by Crippen LogP contribution is 2.61. The molecule has 1 saturated carbocycles. The first kappa shape index (κ1) is 24.4. The number of carbonyl (C=O) groups is 2. The number of nitrogens with one attached hydrogen (secondary N) is 1. The number of amides is 1. The van der Waals surface area contributed by atoms with Crippen LogP contribution in [0.4, 0.5) is 11.4 Å². The molecule has 38 heavy (non-hydrogen) atoms. The molecule has 3 aliphatic rings. The second kappa shape index (κ2) is 9.09. The fourth-order valence-electron chi connectivity index (χ4n) is 5.63. The molecule has 0 bridgehead atoms. The summed E-state index contributed by atoms with van der Waals surface area (Å²) in [6.07, 6.45) is 4.37. The minimum absolute atomic E-state index is 0.105. The summed E-state index contributed by atoms with van der Waals surface area (Å²) in [5.74, 6) is 0.798. The van der Waals surface area contributed by atoms with Gasteiger partial charge in [-0.1, -0.05) is 18.2 Å². The van der Waals surface area contributed by atoms with Crippen LogP contribution in [-0.4, -0.2) is 91.8 Å². The predicted octanol–water partition coefficient (Wildman–Crippen LogP) is 2.84. The lowest BCUT2D eigenvalue weighted by Gasteiger charge is -2.35. The van der Waals surface area contributed by atoms with Crippen LogP contribution < -0.4 is 15.0 Å². The van der Waals surface area contributed by atoms with Crippen LogP contribution in [0.1, 0.15) is 22.5 Å². The molecule has 1 amide bonds. The average Bonchev–Trinajstić information content (AvgIpc) is 3.45. The van der Waals surface area contributed by atoms with Crippen LogP contribution in [0.15, 0.2) is 53.5 Å². The molecule has 3 heterocycles. The summed E-state index contributed by atoms with van der Waals surface area (Å²) in [5, 5.41) is 4.53. The molecule has 0 saturated heterocycles. The Morgan fingerprint density at radius 3 is 2.76 bits per heavy atom. The highest BCUT2D eigenvalue weighted by Gasteiger charge is 2.76. The van der Waals surface area contributed by atoms with E-state index in [2.05, 4.69) is 50.3 Å². The van der Waals surface area contributed by atoms with Crippen molar-refractivity contribution in [1.29, 1.82) is 0 Å². The third-order valence-electron chi connectivity index (χ3n) is 8.02. The van der Waals surface area contributed by atoms with Gasteiger partial charge >= 0.3 is 0 Å². The molecule has 9 heteroatoms. The maximum Gasteiger partial charge on any atom is 0.271 e. The summed E-state index contributed by atoms with van der Waals surface area (Å²) < 4.78 is 6.25. The molecule has 1 aromatic heterocycles. The number of aliphatic imine (C=N–C) groups is 1. The Morgan fingerprint density at radius 1 is 1.13 bits per heavy atom. The van der Waals surface area contributed by atoms with Crippen molar-refractivity contribution in [3.63, 3.8) is 0 Å². The van der Waals surface area contributed by atoms with Gasteiger partial charge in [0.1, 0.15) is 35.4 Å². The van der Waals surface area contributed by atoms with E-state index in [1.165, 1.54) is 4.90 Å². The highest BCUT2D eigenvalue weighted by atomic mass is 16.5. The SMILES string of the molecule is CN(CCNc1cccc2nc(C(=O)N(C)C)ccc12)CCc1cccc2c1OCC13CC1(C=O)N=CN23. The number of aromatic nitrogens is 1. The summed E-state index contributed by atoms with van der Waals surface area (Å²) in [6, 6.07) is 15.9. The molecule has 2 atom stereocenters. The van der Waals surface area contributed by atoms with Gasteiger partial charge in [0.25, 0.3) is 5.91 Å². The van der Waals surface area contributed by atoms with Crippen LogP contribution in [-0.2, 0) is 11.2 Å². The maximum atomic E-state index is 12.3. The monoisotopic (exact) mass is 512 g/mol. The van der Waals surface area contributed by atoms with E-state index in [0.717, 1.165) is 72.4 Å². The number of likely N-dealkylation sites (N-methyl/N-ethyl adjacent to an activating group) is 1. The number of benzene rings is 2. The minimum Gasteiger partial charge on any atom is -0.489 e. The van der Waals surface area contributed by atoms with Gasteiger partial charge in [-0.05, 0) is 49.4 Å². The van der Waals surface area contributed by atoms with Gasteiger partial charge in [-0.3, -0.25) is 9.79 Å². The second-order valence-corrected chi connectivity index (χ2v) is 10.7. The molecule has 6 rings (SSSR count). The average molecular weight is 513 g/mol. The number of hydrogen-bond donors (Lipinski definition) is 1. The number of hydrogen-bond acceptors (Lipinski definition) is 8. The van der Waals surface area contributed by atoms with Gasteiger partial charge in [-0.25, -0.2) is 4.98 Å². The minimum atomic E-state index is -0.625. The zero-order valence-corrected chi connectivity index (χ0v) is 22.0. The molecular weight excluding hydrogens is 480 g/mol. The summed E-state index contributed by atoms with van der Waals surface area (Å²) in [6.45, 7) is 3.00. The van der Waals surface area contributed by atoms with E-state index in [4.69, 9.17) is 4.74 Å². The summed E-state index contributed by atoms with van der Waals surface area (Å²) in [5.41, 5.74) is 3.46. The lowest BCUT2D eigenvalue weighted by atomic mass is 10.0. The van der Waals surface area contributed by atoms with Gasteiger partial charge in [0.05, 0.1) is 17.5 Å². The maximum absolute atomic E-state index is 12.3. The van der Waals surface area contributed by atoms with Crippen molar-refractivity contribution >= 4 is 40.8 Å². The van der Waals surface area contributed by atoms with E-state index >= 15 is 0 Å². The first-order valence-electron chi connectivity index (χ1n) is 13.0. The Balaban J connectivity index is 1.06. The van der Waals surface area contributed by atoms with Crippen molar-refractivity contribution in [2.45, 2.75) is 23.9 Å². The number of fused-ring (bicyclic) bond motifs is 3. The fourth-order valence-corrected chi connectivity index (χ4v) is 5.63. The lowest BCUT2D eigenvalue weighted by Crippen LogP contribution is -2.46. The molecule has 1 N–H and O–H groups in total. The first-order chi connectivity index (χ1) is 18.4. The fraction of sp³-hybridized carbons (Fsp3) is 0.379. The molecule has 3 aromatic rings. The molecule has 196 valence electrons. The quantitative estimate of drug-likeness (QED) is 0.441. The van der Waals surface area contributed by atoms with E-state index in [0.29, 0.717) is 12.3 Å². The van der Waals surface area contributed by atoms with Gasteiger partial charge in [0, 0.05) is 51.2 Å². The standard InChI is InChI=1S/C29H32N6O3/c1-33(2)27(37)24-11-10-21-22(7-5-8-23(21)32-24)30-13-15-34(3)14-12-20-6-4-9-25-26(20)38-18-29-16-28(29,17-36)31-19-35(25)29/h4-11,17,19,30H,12-16,18H2,1-3H3. The van der Waals surface area contributed by atoms with Crippen molar-refractivity contribution in [2.75, 3.05) is 57.6 Å². The Kier molecular flexibility index (Phi) is 5.83. The predicted molar refractivity (Wildman–Crippen MR) is 149 cm³/mol. The smallest absolute Gasteiger partial charge is 0.271 e. The van der Waals surface area contributed by atoms with Crippen molar-refractivity contribution in [3.05, 3.63) is 59.8 Å². The zero-order valence-electron chi connectivity index (χ0n) is 22.0. The number of rotatable bonds is 9. The molecule has 1 spiro atoms. The van der Waals surface area contributed by atoms with E-state index < -0.39 is 5.54 Å². The van der Waals surface area contributed by atoms with Crippen molar-refractivity contribution in [1.82, 2.24) is 14.8 Å². The van der Waals surface area contributed by atoms with E-state index in [-0.39, 0.29) is 11.4 Å². The van der Waals surface area contributed by atoms with Crippen molar-refractivity contribution in [3.8, 4) is 5.75 Å². The number of nitrogens with zero attached hydrogens (tertiary/aromatic N) is 5. The van der Waals surface area contributed by atoms with Gasteiger partial charge in [-0.2, -0.15) is 0 Å². The molecule has 2 aromatic carbocycles. The molecule has 9 nitrogen and oxygen atoms in total. The number of ether oxygens (including phenoxy) is 1. The van der Waals surface area contributed by atoms with Crippen LogP contribution in [0, 0.1) is 0 Å². The molecule has 1 fully saturated rings.